The van der Waals surface area contributed by atoms with Crippen LogP contribution in [0.2, 0.25) is 0 Å². The van der Waals surface area contributed by atoms with Gasteiger partial charge in [-0.3, -0.25) is 0 Å². The molecule has 0 radical (unpaired) electrons. The topological polar surface area (TPSA) is 0 Å². The number of aryl methyl sites for hydroxylation is 9. The molecule has 0 unspecified atom stereocenters. The molecule has 0 heterocycles. The van der Waals surface area contributed by atoms with E-state index in [0.29, 0.717) is 0 Å². The third-order valence-corrected chi connectivity index (χ3v) is 6.92. The maximum atomic E-state index is 3.45. The molecule has 0 bridgehead atoms. The summed E-state index contributed by atoms with van der Waals surface area (Å²) in [5.41, 5.74) is 24.6. The van der Waals surface area contributed by atoms with Crippen molar-refractivity contribution in [1.82, 2.24) is 0 Å². The average molecular weight is 461 g/mol. The van der Waals surface area contributed by atoms with Crippen molar-refractivity contribution in [2.75, 3.05) is 0 Å². The average Bonchev–Trinajstić information content (AvgIpc) is 2.70. The molecule has 0 aliphatic carbocycles. The van der Waals surface area contributed by atoms with Gasteiger partial charge in [0.25, 0.3) is 0 Å². The van der Waals surface area contributed by atoms with Gasteiger partial charge in [0.2, 0.25) is 0 Å². The second-order valence-electron chi connectivity index (χ2n) is 9.37. The molecule has 170 valence electrons. The van der Waals surface area contributed by atoms with Crippen LogP contribution in [-0.4, -0.2) is 0 Å². The predicted molar refractivity (Wildman–Crippen MR) is 150 cm³/mol. The van der Waals surface area contributed by atoms with Crippen molar-refractivity contribution in [3.8, 4) is 34.7 Å². The van der Waals surface area contributed by atoms with Gasteiger partial charge >= 0.3 is 0 Å². The number of hydrogen-bond donors (Lipinski definition) is 0. The molecule has 0 fully saturated rings. The molecule has 0 N–H and O–H groups in total. The first-order valence-electron chi connectivity index (χ1n) is 11.6. The van der Waals surface area contributed by atoms with Gasteiger partial charge in [-0.25, -0.2) is 0 Å². The Morgan fingerprint density at radius 2 is 0.588 bits per heavy atom. The number of rotatable bonds is 0. The molecule has 3 aromatic carbocycles. The normalized spacial score (nSPS) is 10.1. The molecule has 3 aromatic rings. The standard InChI is InChI=1S/C33H33P/c1-22-16-25(4)31(26(5)17-22)10-13-34(14-11-32-27(6)18-23(2)19-28(32)7)15-12-33-29(8)20-24(3)21-30(33)9/h16-21H,1-9H3. The summed E-state index contributed by atoms with van der Waals surface area (Å²) in [4.78, 5) is 0. The second-order valence-corrected chi connectivity index (χ2v) is 10.7. The third-order valence-electron chi connectivity index (χ3n) is 5.91. The second kappa shape index (κ2) is 10.8. The van der Waals surface area contributed by atoms with E-state index in [1.807, 2.05) is 0 Å². The monoisotopic (exact) mass is 460 g/mol. The van der Waals surface area contributed by atoms with Gasteiger partial charge in [-0.05, 0) is 113 Å². The lowest BCUT2D eigenvalue weighted by Gasteiger charge is -2.06. The summed E-state index contributed by atoms with van der Waals surface area (Å²) in [7, 11) is -1.11. The molecular weight excluding hydrogens is 427 g/mol. The Morgan fingerprint density at radius 3 is 0.794 bits per heavy atom. The van der Waals surface area contributed by atoms with Crippen LogP contribution in [0.1, 0.15) is 66.8 Å². The Balaban J connectivity index is 2.11. The first-order chi connectivity index (χ1) is 16.0. The molecule has 0 saturated carbocycles. The van der Waals surface area contributed by atoms with Crippen LogP contribution in [0.25, 0.3) is 0 Å². The Hall–Kier alpha value is -3.23. The summed E-state index contributed by atoms with van der Waals surface area (Å²) in [6.45, 7) is 19.1. The van der Waals surface area contributed by atoms with Gasteiger partial charge in [-0.1, -0.05) is 70.8 Å². The van der Waals surface area contributed by atoms with Crippen LogP contribution in [0, 0.1) is 97.1 Å². The molecule has 34 heavy (non-hydrogen) atoms. The van der Waals surface area contributed by atoms with Crippen molar-refractivity contribution >= 4 is 7.92 Å². The molecule has 0 aliphatic rings. The maximum absolute atomic E-state index is 3.45. The predicted octanol–water partition coefficient (Wildman–Crippen LogP) is 8.27. The molecular formula is C33H33P. The minimum absolute atomic E-state index is 1.09. The van der Waals surface area contributed by atoms with Crippen LogP contribution in [-0.2, 0) is 0 Å². The lowest BCUT2D eigenvalue weighted by atomic mass is 10.0. The van der Waals surface area contributed by atoms with Crippen molar-refractivity contribution in [2.45, 2.75) is 62.3 Å². The number of benzene rings is 3. The molecule has 0 saturated heterocycles. The minimum Gasteiger partial charge on any atom is -0.0598 e. The van der Waals surface area contributed by atoms with Crippen LogP contribution >= 0.6 is 7.92 Å². The van der Waals surface area contributed by atoms with Crippen molar-refractivity contribution < 1.29 is 0 Å². The summed E-state index contributed by atoms with van der Waals surface area (Å²) >= 11 is 0. The van der Waals surface area contributed by atoms with Gasteiger partial charge < -0.3 is 0 Å². The third kappa shape index (κ3) is 6.21. The summed E-state index contributed by atoms with van der Waals surface area (Å²) in [6.07, 6.45) is 0. The molecule has 3 rings (SSSR count). The van der Waals surface area contributed by atoms with Gasteiger partial charge in [-0.15, -0.1) is 0 Å². The Bertz CT molecular complexity index is 1200. The Morgan fingerprint density at radius 1 is 0.382 bits per heavy atom. The molecule has 0 nitrogen and oxygen atoms in total. The molecule has 0 spiro atoms. The fraction of sp³-hybridized carbons (Fsp3) is 0.273. The highest BCUT2D eigenvalue weighted by Gasteiger charge is 2.05. The summed E-state index contributed by atoms with van der Waals surface area (Å²) in [5.74, 6) is 10.3. The van der Waals surface area contributed by atoms with Gasteiger partial charge in [0, 0.05) is 16.7 Å². The van der Waals surface area contributed by atoms with E-state index in [1.165, 1.54) is 50.1 Å². The lowest BCUT2D eigenvalue weighted by molar-refractivity contribution is 1.30. The van der Waals surface area contributed by atoms with E-state index in [1.54, 1.807) is 0 Å². The van der Waals surface area contributed by atoms with E-state index in [0.717, 1.165) is 16.7 Å². The molecule has 0 aromatic heterocycles. The van der Waals surface area contributed by atoms with Crippen LogP contribution in [0.5, 0.6) is 0 Å². The van der Waals surface area contributed by atoms with Crippen molar-refractivity contribution in [2.24, 2.45) is 0 Å². The Labute approximate surface area is 208 Å². The summed E-state index contributed by atoms with van der Waals surface area (Å²) in [5, 5.41) is 0. The van der Waals surface area contributed by atoms with Gasteiger partial charge in [0.1, 0.15) is 7.92 Å². The van der Waals surface area contributed by atoms with Crippen LogP contribution in [0.15, 0.2) is 36.4 Å². The minimum atomic E-state index is -1.11. The maximum Gasteiger partial charge on any atom is 0.128 e. The molecule has 0 atom stereocenters. The SMILES string of the molecule is Cc1cc(C)c(C#CP(C#Cc2c(C)cc(C)cc2C)C#Cc2c(C)cc(C)cc2C)c(C)c1. The van der Waals surface area contributed by atoms with E-state index in [2.05, 4.69) is 133 Å². The zero-order valence-corrected chi connectivity index (χ0v) is 22.8. The summed E-state index contributed by atoms with van der Waals surface area (Å²) in [6, 6.07) is 13.1. The highest BCUT2D eigenvalue weighted by molar-refractivity contribution is 7.72. The smallest absolute Gasteiger partial charge is 0.0598 e. The fourth-order valence-corrected chi connectivity index (χ4v) is 5.39. The first-order valence-corrected chi connectivity index (χ1v) is 13.0. The first kappa shape index (κ1) is 25.4. The molecule has 0 aliphatic heterocycles. The number of hydrogen-bond acceptors (Lipinski definition) is 0. The van der Waals surface area contributed by atoms with E-state index in [4.69, 9.17) is 0 Å². The van der Waals surface area contributed by atoms with E-state index in [-0.39, 0.29) is 0 Å². The quantitative estimate of drug-likeness (QED) is 0.234. The lowest BCUT2D eigenvalue weighted by Crippen LogP contribution is -1.90. The zero-order chi connectivity index (χ0) is 25.0. The molecule has 1 heteroatoms. The van der Waals surface area contributed by atoms with E-state index in [9.17, 15) is 0 Å². The van der Waals surface area contributed by atoms with Crippen molar-refractivity contribution in [3.05, 3.63) is 103 Å². The summed E-state index contributed by atoms with van der Waals surface area (Å²) < 4.78 is 0. The van der Waals surface area contributed by atoms with Crippen LogP contribution in [0.4, 0.5) is 0 Å². The van der Waals surface area contributed by atoms with E-state index < -0.39 is 7.92 Å². The van der Waals surface area contributed by atoms with Crippen molar-refractivity contribution in [3.63, 3.8) is 0 Å². The van der Waals surface area contributed by atoms with Crippen LogP contribution < -0.4 is 0 Å². The van der Waals surface area contributed by atoms with Gasteiger partial charge in [-0.2, -0.15) is 0 Å². The van der Waals surface area contributed by atoms with Crippen LogP contribution in [0.3, 0.4) is 0 Å². The largest absolute Gasteiger partial charge is 0.128 e. The highest BCUT2D eigenvalue weighted by Crippen LogP contribution is 2.32. The fourth-order valence-electron chi connectivity index (χ4n) is 4.55. The Kier molecular flexibility index (Phi) is 8.06. The zero-order valence-electron chi connectivity index (χ0n) is 21.9. The van der Waals surface area contributed by atoms with Gasteiger partial charge in [0.05, 0.1) is 0 Å². The van der Waals surface area contributed by atoms with Crippen molar-refractivity contribution in [1.29, 1.82) is 0 Å². The van der Waals surface area contributed by atoms with Gasteiger partial charge in [0.15, 0.2) is 0 Å². The highest BCUT2D eigenvalue weighted by atomic mass is 31.1. The molecule has 0 amide bonds. The van der Waals surface area contributed by atoms with E-state index >= 15 is 0 Å².